The number of aromatic nitrogens is 2. The summed E-state index contributed by atoms with van der Waals surface area (Å²) in [5.74, 6) is -1.28. The van der Waals surface area contributed by atoms with Crippen molar-refractivity contribution in [3.63, 3.8) is 0 Å². The number of carbonyl (C=O) groups excluding carboxylic acids is 2. The Kier molecular flexibility index (Phi) is 4.61. The molecule has 1 aromatic heterocycles. The summed E-state index contributed by atoms with van der Waals surface area (Å²) in [7, 11) is 0. The molecular formula is C12H19N3O3. The molecule has 0 bridgehead atoms. The largest absolute Gasteiger partial charge is 0.396 e. The van der Waals surface area contributed by atoms with Crippen LogP contribution < -0.4 is 5.32 Å². The molecule has 0 aliphatic heterocycles. The Hall–Kier alpha value is -1.69. The molecule has 0 saturated heterocycles. The van der Waals surface area contributed by atoms with Crippen LogP contribution in [0.4, 0.5) is 0 Å². The van der Waals surface area contributed by atoms with Crippen molar-refractivity contribution in [3.05, 3.63) is 18.0 Å². The minimum absolute atomic E-state index is 0.0603. The fourth-order valence-corrected chi connectivity index (χ4v) is 1.24. The van der Waals surface area contributed by atoms with Gasteiger partial charge in [-0.05, 0) is 6.92 Å². The molecule has 1 heterocycles. The first-order valence-corrected chi connectivity index (χ1v) is 5.85. The molecule has 0 saturated carbocycles. The molecule has 100 valence electrons. The van der Waals surface area contributed by atoms with Crippen LogP contribution in [0.1, 0.15) is 31.1 Å². The lowest BCUT2D eigenvalue weighted by Gasteiger charge is -2.21. The number of Topliss-reactive ketones (excluding diaryl/α,β-unsaturated/α-hetero) is 1. The van der Waals surface area contributed by atoms with Crippen LogP contribution in [0.2, 0.25) is 0 Å². The maximum absolute atomic E-state index is 11.8. The third-order valence-corrected chi connectivity index (χ3v) is 2.58. The zero-order valence-corrected chi connectivity index (χ0v) is 10.9. The van der Waals surface area contributed by atoms with E-state index in [1.807, 2.05) is 6.92 Å². The molecule has 18 heavy (non-hydrogen) atoms. The third-order valence-electron chi connectivity index (χ3n) is 2.58. The van der Waals surface area contributed by atoms with Gasteiger partial charge in [-0.3, -0.25) is 14.3 Å². The van der Waals surface area contributed by atoms with E-state index in [2.05, 4.69) is 10.4 Å². The second-order valence-corrected chi connectivity index (χ2v) is 4.92. The number of amides is 1. The van der Waals surface area contributed by atoms with Gasteiger partial charge in [0.1, 0.15) is 0 Å². The van der Waals surface area contributed by atoms with Gasteiger partial charge >= 0.3 is 0 Å². The minimum atomic E-state index is -0.674. The summed E-state index contributed by atoms with van der Waals surface area (Å²) in [4.78, 5) is 23.4. The third kappa shape index (κ3) is 3.66. The molecule has 1 rings (SSSR count). The molecule has 0 radical (unpaired) electrons. The number of nitrogens with zero attached hydrogens (tertiary/aromatic N) is 2. The van der Waals surface area contributed by atoms with Crippen molar-refractivity contribution in [2.45, 2.75) is 27.3 Å². The zero-order valence-electron chi connectivity index (χ0n) is 10.9. The van der Waals surface area contributed by atoms with E-state index in [1.54, 1.807) is 24.7 Å². The monoisotopic (exact) mass is 253 g/mol. The van der Waals surface area contributed by atoms with Crippen LogP contribution in [0.15, 0.2) is 12.4 Å². The highest BCUT2D eigenvalue weighted by atomic mass is 16.3. The van der Waals surface area contributed by atoms with Crippen LogP contribution in [0.25, 0.3) is 0 Å². The van der Waals surface area contributed by atoms with Crippen LogP contribution in [-0.4, -0.2) is 39.7 Å². The first-order chi connectivity index (χ1) is 8.39. The van der Waals surface area contributed by atoms with Crippen LogP contribution in [-0.2, 0) is 11.3 Å². The molecule has 1 amide bonds. The summed E-state index contributed by atoms with van der Waals surface area (Å²) in [6.07, 6.45) is 2.92. The Labute approximate surface area is 106 Å². The number of aliphatic hydroxyl groups excluding tert-OH is 1. The van der Waals surface area contributed by atoms with Crippen molar-refractivity contribution < 1.29 is 14.7 Å². The zero-order chi connectivity index (χ0) is 13.8. The molecule has 2 N–H and O–H groups in total. The molecule has 6 heteroatoms. The number of aryl methyl sites for hydroxylation is 1. The summed E-state index contributed by atoms with van der Waals surface area (Å²) in [6, 6.07) is 0. The van der Waals surface area contributed by atoms with Crippen molar-refractivity contribution in [1.29, 1.82) is 0 Å². The first kappa shape index (κ1) is 14.4. The van der Waals surface area contributed by atoms with Gasteiger partial charge in [0.15, 0.2) is 0 Å². The van der Waals surface area contributed by atoms with E-state index in [-0.39, 0.29) is 18.7 Å². The standard InChI is InChI=1S/C12H19N3O3/c1-4-15-6-9(5-14-15)10(17)11(18)13-7-12(2,3)8-16/h5-6,16H,4,7-8H2,1-3H3,(H,13,18). The summed E-state index contributed by atoms with van der Waals surface area (Å²) >= 11 is 0. The molecular weight excluding hydrogens is 234 g/mol. The predicted molar refractivity (Wildman–Crippen MR) is 66.1 cm³/mol. The highest BCUT2D eigenvalue weighted by Crippen LogP contribution is 2.11. The number of hydrogen-bond acceptors (Lipinski definition) is 4. The average Bonchev–Trinajstić information content (AvgIpc) is 2.83. The van der Waals surface area contributed by atoms with E-state index in [0.717, 1.165) is 0 Å². The van der Waals surface area contributed by atoms with Crippen LogP contribution in [0.5, 0.6) is 0 Å². The topological polar surface area (TPSA) is 84.2 Å². The van der Waals surface area contributed by atoms with E-state index in [4.69, 9.17) is 5.11 Å². The highest BCUT2D eigenvalue weighted by Gasteiger charge is 2.22. The van der Waals surface area contributed by atoms with E-state index in [9.17, 15) is 9.59 Å². The minimum Gasteiger partial charge on any atom is -0.396 e. The normalized spacial score (nSPS) is 11.3. The quantitative estimate of drug-likeness (QED) is 0.561. The fourth-order valence-electron chi connectivity index (χ4n) is 1.24. The second kappa shape index (κ2) is 5.77. The number of rotatable bonds is 6. The van der Waals surface area contributed by atoms with E-state index < -0.39 is 17.1 Å². The second-order valence-electron chi connectivity index (χ2n) is 4.92. The molecule has 1 aromatic rings. The SMILES string of the molecule is CCn1cc(C(=O)C(=O)NCC(C)(C)CO)cn1. The molecule has 0 atom stereocenters. The lowest BCUT2D eigenvalue weighted by molar-refractivity contribution is -0.117. The van der Waals surface area contributed by atoms with Crippen molar-refractivity contribution >= 4 is 11.7 Å². The van der Waals surface area contributed by atoms with Gasteiger partial charge in [0, 0.05) is 31.3 Å². The van der Waals surface area contributed by atoms with Gasteiger partial charge in [-0.15, -0.1) is 0 Å². The van der Waals surface area contributed by atoms with Gasteiger partial charge in [0.05, 0.1) is 11.8 Å². The summed E-state index contributed by atoms with van der Waals surface area (Å²) in [5, 5.41) is 15.5. The van der Waals surface area contributed by atoms with Gasteiger partial charge in [-0.1, -0.05) is 13.8 Å². The van der Waals surface area contributed by atoms with Crippen molar-refractivity contribution in [1.82, 2.24) is 15.1 Å². The molecule has 0 aliphatic rings. The van der Waals surface area contributed by atoms with Gasteiger partial charge in [-0.2, -0.15) is 5.10 Å². The molecule has 6 nitrogen and oxygen atoms in total. The Morgan fingerprint density at radius 3 is 2.67 bits per heavy atom. The lowest BCUT2D eigenvalue weighted by atomic mass is 9.95. The first-order valence-electron chi connectivity index (χ1n) is 5.85. The number of aliphatic hydroxyl groups is 1. The van der Waals surface area contributed by atoms with E-state index in [0.29, 0.717) is 6.54 Å². The van der Waals surface area contributed by atoms with Gasteiger partial charge < -0.3 is 10.4 Å². The average molecular weight is 253 g/mol. The van der Waals surface area contributed by atoms with Crippen molar-refractivity contribution in [3.8, 4) is 0 Å². The van der Waals surface area contributed by atoms with Crippen LogP contribution >= 0.6 is 0 Å². The molecule has 0 spiro atoms. The highest BCUT2D eigenvalue weighted by molar-refractivity contribution is 6.42. The maximum atomic E-state index is 11.8. The van der Waals surface area contributed by atoms with Crippen molar-refractivity contribution in [2.24, 2.45) is 5.41 Å². The Morgan fingerprint density at radius 1 is 1.50 bits per heavy atom. The molecule has 0 fully saturated rings. The Bertz CT molecular complexity index is 438. The lowest BCUT2D eigenvalue weighted by Crippen LogP contribution is -2.39. The smallest absolute Gasteiger partial charge is 0.292 e. The maximum Gasteiger partial charge on any atom is 0.292 e. The Balaban J connectivity index is 2.59. The number of ketones is 1. The van der Waals surface area contributed by atoms with E-state index in [1.165, 1.54) is 6.20 Å². The molecule has 0 unspecified atom stereocenters. The predicted octanol–water partition coefficient (Wildman–Crippen LogP) is 0.220. The molecule has 0 aliphatic carbocycles. The van der Waals surface area contributed by atoms with E-state index >= 15 is 0 Å². The van der Waals surface area contributed by atoms with Gasteiger partial charge in [0.2, 0.25) is 0 Å². The Morgan fingerprint density at radius 2 is 2.17 bits per heavy atom. The van der Waals surface area contributed by atoms with Gasteiger partial charge in [0.25, 0.3) is 11.7 Å². The fraction of sp³-hybridized carbons (Fsp3) is 0.583. The number of hydrogen-bond donors (Lipinski definition) is 2. The number of carbonyl (C=O) groups is 2. The van der Waals surface area contributed by atoms with Crippen LogP contribution in [0, 0.1) is 5.41 Å². The molecule has 0 aromatic carbocycles. The summed E-state index contributed by atoms with van der Waals surface area (Å²) in [6.45, 7) is 6.32. The summed E-state index contributed by atoms with van der Waals surface area (Å²) < 4.78 is 1.58. The van der Waals surface area contributed by atoms with Crippen LogP contribution in [0.3, 0.4) is 0 Å². The number of nitrogens with one attached hydrogen (secondary N) is 1. The summed E-state index contributed by atoms with van der Waals surface area (Å²) in [5.41, 5.74) is -0.167. The van der Waals surface area contributed by atoms with Gasteiger partial charge in [-0.25, -0.2) is 0 Å². The van der Waals surface area contributed by atoms with Crippen molar-refractivity contribution in [2.75, 3.05) is 13.2 Å².